The maximum atomic E-state index is 10.9. The van der Waals surface area contributed by atoms with E-state index in [1.165, 1.54) is 0 Å². The number of carboxylic acid groups (broad SMARTS) is 1. The second-order valence-electron chi connectivity index (χ2n) is 5.31. The Labute approximate surface area is 107 Å². The van der Waals surface area contributed by atoms with E-state index in [9.17, 15) is 4.79 Å². The lowest BCUT2D eigenvalue weighted by atomic mass is 10.1. The van der Waals surface area contributed by atoms with Gasteiger partial charge in [0.2, 0.25) is 0 Å². The topological polar surface area (TPSA) is 71.2 Å². The number of nitrogens with zero attached hydrogens (tertiary/aromatic N) is 4. The molecule has 6 nitrogen and oxygen atoms in total. The van der Waals surface area contributed by atoms with Gasteiger partial charge in [-0.2, -0.15) is 5.10 Å². The fraction of sp³-hybridized carbons (Fsp3) is 0.750. The highest BCUT2D eigenvalue weighted by atomic mass is 16.4. The summed E-state index contributed by atoms with van der Waals surface area (Å²) in [4.78, 5) is 17.3. The van der Waals surface area contributed by atoms with Crippen LogP contribution in [0.1, 0.15) is 26.1 Å². The van der Waals surface area contributed by atoms with Crippen LogP contribution in [-0.4, -0.2) is 43.8 Å². The van der Waals surface area contributed by atoms with Gasteiger partial charge in [-0.05, 0) is 18.9 Å². The Morgan fingerprint density at radius 2 is 2.39 bits per heavy atom. The molecule has 1 aliphatic rings. The minimum atomic E-state index is -0.693. The lowest BCUT2D eigenvalue weighted by Gasteiger charge is -2.15. The third kappa shape index (κ3) is 3.07. The minimum Gasteiger partial charge on any atom is -0.481 e. The normalized spacial score (nSPS) is 20.7. The summed E-state index contributed by atoms with van der Waals surface area (Å²) in [5.74, 6) is 0.526. The maximum Gasteiger partial charge on any atom is 0.307 e. The van der Waals surface area contributed by atoms with Gasteiger partial charge in [-0.3, -0.25) is 9.69 Å². The molecule has 1 N–H and O–H groups in total. The molecule has 1 atom stereocenters. The summed E-state index contributed by atoms with van der Waals surface area (Å²) < 4.78 is 1.92. The number of hydrogen-bond donors (Lipinski definition) is 1. The smallest absolute Gasteiger partial charge is 0.307 e. The molecule has 0 aliphatic carbocycles. The Morgan fingerprint density at radius 1 is 1.61 bits per heavy atom. The molecule has 18 heavy (non-hydrogen) atoms. The van der Waals surface area contributed by atoms with Gasteiger partial charge in [-0.25, -0.2) is 9.67 Å². The predicted molar refractivity (Wildman–Crippen MR) is 65.9 cm³/mol. The zero-order valence-electron chi connectivity index (χ0n) is 10.9. The Morgan fingerprint density at radius 3 is 3.00 bits per heavy atom. The molecule has 1 aliphatic heterocycles. The molecular weight excluding hydrogens is 232 g/mol. The quantitative estimate of drug-likeness (QED) is 0.840. The van der Waals surface area contributed by atoms with Crippen molar-refractivity contribution in [1.29, 1.82) is 0 Å². The molecule has 1 aromatic heterocycles. The van der Waals surface area contributed by atoms with Crippen molar-refractivity contribution in [2.75, 3.05) is 13.1 Å². The van der Waals surface area contributed by atoms with Crippen LogP contribution in [0.5, 0.6) is 0 Å². The first-order valence-electron chi connectivity index (χ1n) is 6.38. The van der Waals surface area contributed by atoms with Gasteiger partial charge >= 0.3 is 5.97 Å². The molecule has 0 saturated carbocycles. The number of carboxylic acids is 1. The summed E-state index contributed by atoms with van der Waals surface area (Å²) >= 11 is 0. The maximum absolute atomic E-state index is 10.9. The summed E-state index contributed by atoms with van der Waals surface area (Å²) in [5.41, 5.74) is 0. The van der Waals surface area contributed by atoms with Gasteiger partial charge in [-0.1, -0.05) is 13.8 Å². The molecule has 1 aromatic rings. The number of aliphatic carboxylic acids is 1. The van der Waals surface area contributed by atoms with Gasteiger partial charge in [0.15, 0.2) is 0 Å². The molecule has 1 fully saturated rings. The zero-order chi connectivity index (χ0) is 13.1. The molecule has 100 valence electrons. The van der Waals surface area contributed by atoms with E-state index < -0.39 is 5.97 Å². The van der Waals surface area contributed by atoms with E-state index in [1.54, 1.807) is 6.33 Å². The van der Waals surface area contributed by atoms with Crippen LogP contribution in [0.3, 0.4) is 0 Å². The molecular formula is C12H20N4O2. The van der Waals surface area contributed by atoms with Crippen molar-refractivity contribution < 1.29 is 9.90 Å². The molecule has 1 saturated heterocycles. The molecule has 2 heterocycles. The van der Waals surface area contributed by atoms with Crippen molar-refractivity contribution in [1.82, 2.24) is 19.7 Å². The first-order chi connectivity index (χ1) is 8.56. The number of carbonyl (C=O) groups is 1. The first kappa shape index (κ1) is 13.0. The van der Waals surface area contributed by atoms with Crippen LogP contribution in [0.25, 0.3) is 0 Å². The average Bonchev–Trinajstić information content (AvgIpc) is 2.89. The first-order valence-corrected chi connectivity index (χ1v) is 6.38. The Balaban J connectivity index is 1.94. The number of hydrogen-bond acceptors (Lipinski definition) is 4. The number of rotatable bonds is 5. The van der Waals surface area contributed by atoms with Crippen LogP contribution in [0.4, 0.5) is 0 Å². The van der Waals surface area contributed by atoms with E-state index in [2.05, 4.69) is 28.8 Å². The second-order valence-corrected chi connectivity index (χ2v) is 5.31. The summed E-state index contributed by atoms with van der Waals surface area (Å²) in [5, 5.41) is 13.2. The van der Waals surface area contributed by atoms with Gasteiger partial charge in [0.05, 0.1) is 12.5 Å². The summed E-state index contributed by atoms with van der Waals surface area (Å²) in [7, 11) is 0. The van der Waals surface area contributed by atoms with Crippen LogP contribution in [0.2, 0.25) is 0 Å². The van der Waals surface area contributed by atoms with Gasteiger partial charge in [0.1, 0.15) is 12.2 Å². The lowest BCUT2D eigenvalue weighted by Crippen LogP contribution is -2.25. The van der Waals surface area contributed by atoms with Crippen molar-refractivity contribution in [3.05, 3.63) is 12.2 Å². The Bertz CT molecular complexity index is 416. The molecule has 0 amide bonds. The Hall–Kier alpha value is -1.43. The molecule has 0 aromatic carbocycles. The molecule has 0 bridgehead atoms. The highest BCUT2D eigenvalue weighted by Crippen LogP contribution is 2.18. The summed E-state index contributed by atoms with van der Waals surface area (Å²) in [6.45, 7) is 7.26. The van der Waals surface area contributed by atoms with Crippen LogP contribution < -0.4 is 0 Å². The lowest BCUT2D eigenvalue weighted by molar-refractivity contribution is -0.141. The Kier molecular flexibility index (Phi) is 3.96. The van der Waals surface area contributed by atoms with E-state index in [0.717, 1.165) is 25.3 Å². The standard InChI is InChI=1S/C12H20N4O2/c1-9(2)5-16-11(13-8-14-16)7-15-4-3-10(6-15)12(17)18/h8-10H,3-7H2,1-2H3,(H,17,18). The third-order valence-electron chi connectivity index (χ3n) is 3.22. The molecule has 0 radical (unpaired) electrons. The van der Waals surface area contributed by atoms with E-state index in [0.29, 0.717) is 19.0 Å². The predicted octanol–water partition coefficient (Wildman–Crippen LogP) is 0.841. The molecule has 6 heteroatoms. The molecule has 0 spiro atoms. The number of aromatic nitrogens is 3. The highest BCUT2D eigenvalue weighted by Gasteiger charge is 2.28. The van der Waals surface area contributed by atoms with E-state index in [-0.39, 0.29) is 5.92 Å². The van der Waals surface area contributed by atoms with Gasteiger partial charge in [0.25, 0.3) is 0 Å². The SMILES string of the molecule is CC(C)Cn1ncnc1CN1CCC(C(=O)O)C1. The van der Waals surface area contributed by atoms with E-state index in [1.807, 2.05) is 4.68 Å². The van der Waals surface area contributed by atoms with Gasteiger partial charge in [-0.15, -0.1) is 0 Å². The number of likely N-dealkylation sites (tertiary alicyclic amines) is 1. The fourth-order valence-corrected chi connectivity index (χ4v) is 2.29. The van der Waals surface area contributed by atoms with E-state index >= 15 is 0 Å². The van der Waals surface area contributed by atoms with Crippen LogP contribution in [0, 0.1) is 11.8 Å². The monoisotopic (exact) mass is 252 g/mol. The highest BCUT2D eigenvalue weighted by molar-refractivity contribution is 5.70. The fourth-order valence-electron chi connectivity index (χ4n) is 2.29. The molecule has 2 rings (SSSR count). The molecule has 1 unspecified atom stereocenters. The van der Waals surface area contributed by atoms with Crippen LogP contribution >= 0.6 is 0 Å². The van der Waals surface area contributed by atoms with Gasteiger partial charge in [0, 0.05) is 13.1 Å². The van der Waals surface area contributed by atoms with Gasteiger partial charge < -0.3 is 5.11 Å². The third-order valence-corrected chi connectivity index (χ3v) is 3.22. The van der Waals surface area contributed by atoms with Crippen LogP contribution in [0.15, 0.2) is 6.33 Å². The summed E-state index contributed by atoms with van der Waals surface area (Å²) in [6, 6.07) is 0. The van der Waals surface area contributed by atoms with E-state index in [4.69, 9.17) is 5.11 Å². The average molecular weight is 252 g/mol. The van der Waals surface area contributed by atoms with Crippen molar-refractivity contribution in [2.45, 2.75) is 33.4 Å². The van der Waals surface area contributed by atoms with Crippen LogP contribution in [-0.2, 0) is 17.9 Å². The second kappa shape index (κ2) is 5.48. The minimum absolute atomic E-state index is 0.230. The van der Waals surface area contributed by atoms with Crippen molar-refractivity contribution in [2.24, 2.45) is 11.8 Å². The van der Waals surface area contributed by atoms with Crippen molar-refractivity contribution in [3.8, 4) is 0 Å². The summed E-state index contributed by atoms with van der Waals surface area (Å²) in [6.07, 6.45) is 2.30. The van der Waals surface area contributed by atoms with Crippen molar-refractivity contribution >= 4 is 5.97 Å². The largest absolute Gasteiger partial charge is 0.481 e. The zero-order valence-corrected chi connectivity index (χ0v) is 10.9. The van der Waals surface area contributed by atoms with Crippen molar-refractivity contribution in [3.63, 3.8) is 0 Å².